The van der Waals surface area contributed by atoms with E-state index < -0.39 is 12.0 Å². The van der Waals surface area contributed by atoms with Gasteiger partial charge in [-0.2, -0.15) is 0 Å². The number of carbonyl (C=O) groups excluding carboxylic acids is 1. The summed E-state index contributed by atoms with van der Waals surface area (Å²) >= 11 is 1.48. The number of aromatic nitrogens is 1. The minimum atomic E-state index is -0.940. The van der Waals surface area contributed by atoms with Crippen molar-refractivity contribution in [2.24, 2.45) is 5.92 Å². The molecule has 0 radical (unpaired) electrons. The molecule has 2 unspecified atom stereocenters. The molecule has 7 heteroatoms. The molecule has 2 amide bonds. The van der Waals surface area contributed by atoms with Gasteiger partial charge in [0.05, 0.1) is 6.54 Å². The maximum Gasteiger partial charge on any atom is 0.326 e. The Bertz CT molecular complexity index is 488. The number of aliphatic carboxylic acids is 1. The summed E-state index contributed by atoms with van der Waals surface area (Å²) in [5.74, 6) is -0.949. The Morgan fingerprint density at radius 3 is 2.95 bits per heavy atom. The number of thiazole rings is 1. The molecule has 0 aliphatic carbocycles. The fourth-order valence-corrected chi connectivity index (χ4v) is 3.00. The Labute approximate surface area is 115 Å². The second kappa shape index (κ2) is 5.56. The largest absolute Gasteiger partial charge is 0.480 e. The predicted molar refractivity (Wildman–Crippen MR) is 71.0 cm³/mol. The van der Waals surface area contributed by atoms with Gasteiger partial charge in [-0.1, -0.05) is 6.92 Å². The molecule has 0 aromatic carbocycles. The fourth-order valence-electron chi connectivity index (χ4n) is 2.29. The number of carbonyl (C=O) groups is 2. The number of rotatable bonds is 3. The highest BCUT2D eigenvalue weighted by Gasteiger charge is 2.39. The molecule has 2 rings (SSSR count). The Balaban J connectivity index is 1.94. The molecule has 1 aromatic rings. The highest BCUT2D eigenvalue weighted by Crippen LogP contribution is 2.24. The van der Waals surface area contributed by atoms with Crippen molar-refractivity contribution < 1.29 is 14.7 Å². The first kappa shape index (κ1) is 13.8. The summed E-state index contributed by atoms with van der Waals surface area (Å²) < 4.78 is 0. The van der Waals surface area contributed by atoms with Gasteiger partial charge in [0.25, 0.3) is 0 Å². The number of urea groups is 1. The van der Waals surface area contributed by atoms with Crippen molar-refractivity contribution in [2.75, 3.05) is 6.54 Å². The molecule has 0 saturated carbocycles. The van der Waals surface area contributed by atoms with Crippen LogP contribution in [0.15, 0.2) is 5.38 Å². The lowest BCUT2D eigenvalue weighted by atomic mass is 10.0. The first-order valence-corrected chi connectivity index (χ1v) is 7.05. The number of hydrogen-bond donors (Lipinski definition) is 2. The zero-order chi connectivity index (χ0) is 14.0. The van der Waals surface area contributed by atoms with Gasteiger partial charge in [0.15, 0.2) is 0 Å². The molecular formula is C12H17N3O3S. The normalized spacial score (nSPS) is 22.5. The van der Waals surface area contributed by atoms with Crippen molar-refractivity contribution in [1.82, 2.24) is 15.2 Å². The number of carboxylic acids is 1. The summed E-state index contributed by atoms with van der Waals surface area (Å²) in [7, 11) is 0. The average molecular weight is 283 g/mol. The van der Waals surface area contributed by atoms with Gasteiger partial charge >= 0.3 is 12.0 Å². The summed E-state index contributed by atoms with van der Waals surface area (Å²) in [5, 5.41) is 14.6. The molecule has 1 aromatic heterocycles. The van der Waals surface area contributed by atoms with Crippen molar-refractivity contribution in [3.63, 3.8) is 0 Å². The van der Waals surface area contributed by atoms with Crippen LogP contribution in [0.2, 0.25) is 0 Å². The quantitative estimate of drug-likeness (QED) is 0.879. The Hall–Kier alpha value is -1.63. The van der Waals surface area contributed by atoms with Crippen molar-refractivity contribution in [3.05, 3.63) is 16.1 Å². The van der Waals surface area contributed by atoms with Gasteiger partial charge in [-0.25, -0.2) is 14.6 Å². The van der Waals surface area contributed by atoms with E-state index in [1.807, 2.05) is 19.2 Å². The van der Waals surface area contributed by atoms with Crippen LogP contribution in [-0.2, 0) is 11.3 Å². The number of amides is 2. The predicted octanol–water partition coefficient (Wildman–Crippen LogP) is 1.46. The lowest BCUT2D eigenvalue weighted by Crippen LogP contribution is -2.47. The molecule has 0 bridgehead atoms. The topological polar surface area (TPSA) is 82.5 Å². The number of aryl methyl sites for hydroxylation is 1. The van der Waals surface area contributed by atoms with Crippen LogP contribution in [0.1, 0.15) is 24.0 Å². The molecule has 0 spiro atoms. The Kier molecular flexibility index (Phi) is 4.04. The fraction of sp³-hybridized carbons (Fsp3) is 0.583. The third kappa shape index (κ3) is 3.04. The molecule has 1 aliphatic heterocycles. The summed E-state index contributed by atoms with van der Waals surface area (Å²) in [4.78, 5) is 28.8. The van der Waals surface area contributed by atoms with Crippen LogP contribution in [0, 0.1) is 12.8 Å². The van der Waals surface area contributed by atoms with Crippen LogP contribution in [-0.4, -0.2) is 39.6 Å². The van der Waals surface area contributed by atoms with Gasteiger partial charge in [-0.15, -0.1) is 11.3 Å². The summed E-state index contributed by atoms with van der Waals surface area (Å²) in [6.45, 7) is 4.58. The molecular weight excluding hydrogens is 266 g/mol. The molecule has 104 valence electrons. The molecule has 1 fully saturated rings. The van der Waals surface area contributed by atoms with Crippen molar-refractivity contribution in [3.8, 4) is 0 Å². The maximum absolute atomic E-state index is 12.0. The highest BCUT2D eigenvalue weighted by molar-refractivity contribution is 7.09. The second-order valence-corrected chi connectivity index (χ2v) is 5.73. The average Bonchev–Trinajstić information content (AvgIpc) is 2.92. The lowest BCUT2D eigenvalue weighted by molar-refractivity contribution is -0.142. The molecule has 2 N–H and O–H groups in total. The van der Waals surface area contributed by atoms with E-state index in [1.54, 1.807) is 0 Å². The standard InChI is InChI=1S/C12H17N3O3S/c1-7-3-4-15(10(7)11(16)17)12(18)13-5-9-14-8(2)6-19-9/h6-7,10H,3-5H2,1-2H3,(H,13,18)(H,16,17). The Morgan fingerprint density at radius 2 is 2.37 bits per heavy atom. The zero-order valence-corrected chi connectivity index (χ0v) is 11.7. The van der Waals surface area contributed by atoms with E-state index in [0.717, 1.165) is 17.1 Å². The third-order valence-electron chi connectivity index (χ3n) is 3.27. The van der Waals surface area contributed by atoms with Crippen LogP contribution in [0.3, 0.4) is 0 Å². The van der Waals surface area contributed by atoms with Crippen LogP contribution in [0.5, 0.6) is 0 Å². The minimum absolute atomic E-state index is 0.00893. The van der Waals surface area contributed by atoms with Crippen LogP contribution >= 0.6 is 11.3 Å². The van der Waals surface area contributed by atoms with E-state index in [0.29, 0.717) is 13.1 Å². The number of nitrogens with one attached hydrogen (secondary N) is 1. The van der Waals surface area contributed by atoms with Crippen LogP contribution < -0.4 is 5.32 Å². The van der Waals surface area contributed by atoms with E-state index in [4.69, 9.17) is 5.11 Å². The van der Waals surface area contributed by atoms with Gasteiger partial charge in [0.2, 0.25) is 0 Å². The third-order valence-corrected chi connectivity index (χ3v) is 4.24. The molecule has 1 aliphatic rings. The lowest BCUT2D eigenvalue weighted by Gasteiger charge is -2.23. The van der Waals surface area contributed by atoms with Crippen LogP contribution in [0.4, 0.5) is 4.79 Å². The van der Waals surface area contributed by atoms with Gasteiger partial charge in [-0.3, -0.25) is 0 Å². The van der Waals surface area contributed by atoms with Crippen molar-refractivity contribution in [2.45, 2.75) is 32.9 Å². The van der Waals surface area contributed by atoms with Gasteiger partial charge < -0.3 is 15.3 Å². The van der Waals surface area contributed by atoms with E-state index >= 15 is 0 Å². The molecule has 2 heterocycles. The smallest absolute Gasteiger partial charge is 0.326 e. The second-order valence-electron chi connectivity index (χ2n) is 4.78. The molecule has 2 atom stereocenters. The van der Waals surface area contributed by atoms with Gasteiger partial charge in [-0.05, 0) is 19.3 Å². The maximum atomic E-state index is 12.0. The van der Waals surface area contributed by atoms with E-state index in [-0.39, 0.29) is 11.9 Å². The van der Waals surface area contributed by atoms with E-state index in [9.17, 15) is 9.59 Å². The zero-order valence-electron chi connectivity index (χ0n) is 10.9. The Morgan fingerprint density at radius 1 is 1.63 bits per heavy atom. The number of hydrogen-bond acceptors (Lipinski definition) is 4. The van der Waals surface area contributed by atoms with Gasteiger partial charge in [0, 0.05) is 17.6 Å². The van der Waals surface area contributed by atoms with Gasteiger partial charge in [0.1, 0.15) is 11.0 Å². The van der Waals surface area contributed by atoms with Crippen molar-refractivity contribution >= 4 is 23.3 Å². The number of likely N-dealkylation sites (tertiary alicyclic amines) is 1. The number of nitrogens with zero attached hydrogens (tertiary/aromatic N) is 2. The molecule has 1 saturated heterocycles. The molecule has 19 heavy (non-hydrogen) atoms. The van der Waals surface area contributed by atoms with E-state index in [1.165, 1.54) is 16.2 Å². The summed E-state index contributed by atoms with van der Waals surface area (Å²) in [6, 6.07) is -1.05. The van der Waals surface area contributed by atoms with Crippen LogP contribution in [0.25, 0.3) is 0 Å². The summed E-state index contributed by atoms with van der Waals surface area (Å²) in [5.41, 5.74) is 0.924. The first-order valence-electron chi connectivity index (χ1n) is 6.17. The minimum Gasteiger partial charge on any atom is -0.480 e. The highest BCUT2D eigenvalue weighted by atomic mass is 32.1. The summed E-state index contributed by atoms with van der Waals surface area (Å²) in [6.07, 6.45) is 0.723. The van der Waals surface area contributed by atoms with E-state index in [2.05, 4.69) is 10.3 Å². The first-order chi connectivity index (χ1) is 8.99. The monoisotopic (exact) mass is 283 g/mol. The van der Waals surface area contributed by atoms with Crippen molar-refractivity contribution in [1.29, 1.82) is 0 Å². The number of carboxylic acid groups (broad SMARTS) is 1. The molecule has 6 nitrogen and oxygen atoms in total. The SMILES string of the molecule is Cc1csc(CNC(=O)N2CCC(C)C2C(=O)O)n1.